The largest absolute Gasteiger partial charge is 0.504 e. The average Bonchev–Trinajstić information content (AvgIpc) is 2.81. The molecule has 0 aliphatic rings. The molecule has 0 amide bonds. The Morgan fingerprint density at radius 3 is 2.56 bits per heavy atom. The van der Waals surface area contributed by atoms with Gasteiger partial charge in [0, 0.05) is 25.0 Å². The number of aromatic nitrogens is 1. The van der Waals surface area contributed by atoms with E-state index in [1.165, 1.54) is 19.2 Å². The molecule has 2 aromatic carbocycles. The summed E-state index contributed by atoms with van der Waals surface area (Å²) in [5.74, 6) is 0.596. The molecule has 0 atom stereocenters. The molecule has 0 fully saturated rings. The Labute approximate surface area is 186 Å². The van der Waals surface area contributed by atoms with Gasteiger partial charge >= 0.3 is 5.97 Å². The Morgan fingerprint density at radius 1 is 1.12 bits per heavy atom. The van der Waals surface area contributed by atoms with Crippen LogP contribution in [-0.2, 0) is 16.1 Å². The number of nitrogens with one attached hydrogen (secondary N) is 1. The quantitative estimate of drug-likeness (QED) is 0.345. The predicted octanol–water partition coefficient (Wildman–Crippen LogP) is 3.99. The lowest BCUT2D eigenvalue weighted by Gasteiger charge is -2.24. The number of pyridine rings is 1. The summed E-state index contributed by atoms with van der Waals surface area (Å²) in [4.78, 5) is 17.7. The van der Waals surface area contributed by atoms with Crippen molar-refractivity contribution in [1.29, 1.82) is 0 Å². The van der Waals surface area contributed by atoms with E-state index in [0.29, 0.717) is 25.5 Å². The maximum Gasteiger partial charge on any atom is 0.325 e. The van der Waals surface area contributed by atoms with Crippen molar-refractivity contribution in [3.05, 3.63) is 78.2 Å². The summed E-state index contributed by atoms with van der Waals surface area (Å²) >= 11 is 0. The average molecular weight is 439 g/mol. The predicted molar refractivity (Wildman–Crippen MR) is 120 cm³/mol. The van der Waals surface area contributed by atoms with Crippen LogP contribution in [-0.4, -0.2) is 42.9 Å². The number of halogens is 1. The fourth-order valence-corrected chi connectivity index (χ4v) is 3.02. The Morgan fingerprint density at radius 2 is 1.88 bits per heavy atom. The summed E-state index contributed by atoms with van der Waals surface area (Å²) in [5, 5.41) is 12.7. The number of anilines is 2. The zero-order valence-electron chi connectivity index (χ0n) is 17.8. The van der Waals surface area contributed by atoms with Crippen LogP contribution in [0.4, 0.5) is 15.9 Å². The summed E-state index contributed by atoms with van der Waals surface area (Å²) < 4.78 is 23.8. The lowest BCUT2D eigenvalue weighted by molar-refractivity contribution is -0.139. The van der Waals surface area contributed by atoms with E-state index in [0.717, 1.165) is 23.4 Å². The van der Waals surface area contributed by atoms with Gasteiger partial charge in [-0.15, -0.1) is 0 Å². The SMILES string of the molecule is COC(=O)CN(Cc1ccc(OCCCNc2ncccc2O)cc1)c1ccc(F)cc1. The van der Waals surface area contributed by atoms with Crippen LogP contribution in [0.15, 0.2) is 66.9 Å². The van der Waals surface area contributed by atoms with Crippen molar-refractivity contribution >= 4 is 17.5 Å². The second-order valence-corrected chi connectivity index (χ2v) is 7.05. The molecule has 0 aliphatic heterocycles. The van der Waals surface area contributed by atoms with Crippen LogP contribution in [0.1, 0.15) is 12.0 Å². The van der Waals surface area contributed by atoms with Gasteiger partial charge in [0.15, 0.2) is 11.6 Å². The summed E-state index contributed by atoms with van der Waals surface area (Å²) in [6.45, 7) is 1.63. The smallest absolute Gasteiger partial charge is 0.325 e. The molecule has 1 aromatic heterocycles. The van der Waals surface area contributed by atoms with Gasteiger partial charge in [0.2, 0.25) is 0 Å². The van der Waals surface area contributed by atoms with E-state index in [9.17, 15) is 14.3 Å². The van der Waals surface area contributed by atoms with Crippen LogP contribution >= 0.6 is 0 Å². The number of ether oxygens (including phenoxy) is 2. The number of rotatable bonds is 11. The van der Waals surface area contributed by atoms with Crippen LogP contribution in [0.2, 0.25) is 0 Å². The van der Waals surface area contributed by atoms with Crippen LogP contribution in [0, 0.1) is 5.82 Å². The van der Waals surface area contributed by atoms with Crippen molar-refractivity contribution in [2.75, 3.05) is 37.0 Å². The second-order valence-electron chi connectivity index (χ2n) is 7.05. The van der Waals surface area contributed by atoms with Gasteiger partial charge in [-0.2, -0.15) is 0 Å². The highest BCUT2D eigenvalue weighted by molar-refractivity contribution is 5.75. The van der Waals surface area contributed by atoms with E-state index < -0.39 is 0 Å². The number of hydrogen-bond donors (Lipinski definition) is 2. The van der Waals surface area contributed by atoms with Crippen LogP contribution in [0.5, 0.6) is 11.5 Å². The zero-order chi connectivity index (χ0) is 22.8. The molecular weight excluding hydrogens is 413 g/mol. The number of esters is 1. The lowest BCUT2D eigenvalue weighted by Crippen LogP contribution is -2.30. The van der Waals surface area contributed by atoms with Gasteiger partial charge in [-0.3, -0.25) is 4.79 Å². The van der Waals surface area contributed by atoms with Gasteiger partial charge in [0.25, 0.3) is 0 Å². The monoisotopic (exact) mass is 439 g/mol. The normalized spacial score (nSPS) is 10.4. The highest BCUT2D eigenvalue weighted by atomic mass is 19.1. The first kappa shape index (κ1) is 22.9. The topological polar surface area (TPSA) is 83.9 Å². The molecule has 0 bridgehead atoms. The molecule has 3 rings (SSSR count). The van der Waals surface area contributed by atoms with Crippen LogP contribution in [0.3, 0.4) is 0 Å². The molecule has 0 saturated heterocycles. The first-order chi connectivity index (χ1) is 15.5. The van der Waals surface area contributed by atoms with Crippen molar-refractivity contribution in [1.82, 2.24) is 4.98 Å². The van der Waals surface area contributed by atoms with Crippen molar-refractivity contribution < 1.29 is 23.8 Å². The van der Waals surface area contributed by atoms with Gasteiger partial charge in [-0.1, -0.05) is 12.1 Å². The van der Waals surface area contributed by atoms with E-state index >= 15 is 0 Å². The summed E-state index contributed by atoms with van der Waals surface area (Å²) in [5.41, 5.74) is 1.70. The van der Waals surface area contributed by atoms with Crippen molar-refractivity contribution in [3.8, 4) is 11.5 Å². The molecule has 0 saturated carbocycles. The first-order valence-electron chi connectivity index (χ1n) is 10.2. The summed E-state index contributed by atoms with van der Waals surface area (Å²) in [7, 11) is 1.34. The highest BCUT2D eigenvalue weighted by Gasteiger charge is 2.13. The third-order valence-corrected chi connectivity index (χ3v) is 4.70. The van der Waals surface area contributed by atoms with E-state index in [-0.39, 0.29) is 24.1 Å². The fraction of sp³-hybridized carbons (Fsp3) is 0.250. The van der Waals surface area contributed by atoms with E-state index in [4.69, 9.17) is 9.47 Å². The number of benzene rings is 2. The molecule has 2 N–H and O–H groups in total. The second kappa shape index (κ2) is 11.5. The number of hydrogen-bond acceptors (Lipinski definition) is 7. The molecule has 8 heteroatoms. The van der Waals surface area contributed by atoms with Gasteiger partial charge in [0.1, 0.15) is 18.1 Å². The Hall–Kier alpha value is -3.81. The lowest BCUT2D eigenvalue weighted by atomic mass is 10.2. The molecular formula is C24H26FN3O4. The van der Waals surface area contributed by atoms with Crippen molar-refractivity contribution in [2.24, 2.45) is 0 Å². The first-order valence-corrected chi connectivity index (χ1v) is 10.2. The standard InChI is InChI=1S/C24H26FN3O4/c1-31-23(30)17-28(20-9-7-19(25)8-10-20)16-18-5-11-21(12-6-18)32-15-3-14-27-24-22(29)4-2-13-26-24/h2,4-13,29H,3,14-17H2,1H3,(H,26,27). The summed E-state index contributed by atoms with van der Waals surface area (Å²) in [6.07, 6.45) is 2.34. The third kappa shape index (κ3) is 6.87. The maximum absolute atomic E-state index is 13.3. The Balaban J connectivity index is 1.50. The van der Waals surface area contributed by atoms with Gasteiger partial charge in [-0.05, 0) is 60.5 Å². The molecule has 0 spiro atoms. The minimum atomic E-state index is -0.373. The minimum Gasteiger partial charge on any atom is -0.504 e. The molecule has 3 aromatic rings. The van der Waals surface area contributed by atoms with Crippen molar-refractivity contribution in [2.45, 2.75) is 13.0 Å². The van der Waals surface area contributed by atoms with Crippen LogP contribution in [0.25, 0.3) is 0 Å². The number of methoxy groups -OCH3 is 1. The number of aromatic hydroxyl groups is 1. The molecule has 32 heavy (non-hydrogen) atoms. The number of nitrogens with zero attached hydrogens (tertiary/aromatic N) is 2. The Kier molecular flexibility index (Phi) is 8.25. The highest BCUT2D eigenvalue weighted by Crippen LogP contribution is 2.20. The summed E-state index contributed by atoms with van der Waals surface area (Å²) in [6, 6.07) is 16.8. The van der Waals surface area contributed by atoms with Gasteiger partial charge < -0.3 is 24.8 Å². The number of carbonyl (C=O) groups is 1. The zero-order valence-corrected chi connectivity index (χ0v) is 17.8. The molecule has 0 unspecified atom stereocenters. The molecule has 0 aliphatic carbocycles. The molecule has 7 nitrogen and oxygen atoms in total. The minimum absolute atomic E-state index is 0.0548. The van der Waals surface area contributed by atoms with E-state index in [1.807, 2.05) is 29.2 Å². The molecule has 0 radical (unpaired) electrons. The van der Waals surface area contributed by atoms with Gasteiger partial charge in [0.05, 0.1) is 13.7 Å². The molecule has 168 valence electrons. The van der Waals surface area contributed by atoms with E-state index in [1.54, 1.807) is 30.5 Å². The maximum atomic E-state index is 13.3. The Bertz CT molecular complexity index is 997. The van der Waals surface area contributed by atoms with Gasteiger partial charge in [-0.25, -0.2) is 9.37 Å². The number of carbonyl (C=O) groups excluding carboxylic acids is 1. The van der Waals surface area contributed by atoms with E-state index in [2.05, 4.69) is 10.3 Å². The third-order valence-electron chi connectivity index (χ3n) is 4.70. The van der Waals surface area contributed by atoms with Crippen molar-refractivity contribution in [3.63, 3.8) is 0 Å². The molecule has 1 heterocycles. The van der Waals surface area contributed by atoms with Crippen LogP contribution < -0.4 is 15.0 Å². The fourth-order valence-electron chi connectivity index (χ4n) is 3.02.